The molecule has 2 nitrogen and oxygen atoms in total. The minimum Gasteiger partial charge on any atom is -0.236 e. The number of rotatable bonds is 8. The Morgan fingerprint density at radius 3 is 2.65 bits per heavy atom. The van der Waals surface area contributed by atoms with Crippen LogP contribution in [0.4, 0.5) is 0 Å². The van der Waals surface area contributed by atoms with Crippen LogP contribution in [-0.4, -0.2) is 9.97 Å². The van der Waals surface area contributed by atoms with Gasteiger partial charge in [-0.15, -0.1) is 0 Å². The maximum Gasteiger partial charge on any atom is 0.159 e. The molecule has 0 saturated heterocycles. The van der Waals surface area contributed by atoms with Crippen molar-refractivity contribution in [2.75, 3.05) is 0 Å². The second-order valence-electron chi connectivity index (χ2n) is 8.18. The van der Waals surface area contributed by atoms with Crippen LogP contribution in [0.1, 0.15) is 76.1 Å². The third kappa shape index (κ3) is 4.93. The van der Waals surface area contributed by atoms with E-state index in [1.54, 1.807) is 0 Å². The van der Waals surface area contributed by atoms with Gasteiger partial charge in [0.2, 0.25) is 0 Å². The Bertz CT molecular complexity index is 690. The Morgan fingerprint density at radius 2 is 1.92 bits per heavy atom. The lowest BCUT2D eigenvalue weighted by molar-refractivity contribution is 0.404. The third-order valence-corrected chi connectivity index (χ3v) is 5.96. The zero-order valence-electron chi connectivity index (χ0n) is 16.8. The van der Waals surface area contributed by atoms with Crippen molar-refractivity contribution in [3.8, 4) is 11.4 Å². The van der Waals surface area contributed by atoms with Crippen LogP contribution in [0.3, 0.4) is 0 Å². The molecule has 0 radical (unpaired) electrons. The maximum absolute atomic E-state index is 4.91. The average molecular weight is 351 g/mol. The number of aromatic nitrogens is 2. The van der Waals surface area contributed by atoms with Gasteiger partial charge in [0.05, 0.1) is 0 Å². The van der Waals surface area contributed by atoms with Crippen LogP contribution in [0.5, 0.6) is 0 Å². The highest BCUT2D eigenvalue weighted by Gasteiger charge is 2.20. The van der Waals surface area contributed by atoms with E-state index in [1.165, 1.54) is 61.8 Å². The van der Waals surface area contributed by atoms with E-state index in [0.29, 0.717) is 0 Å². The van der Waals surface area contributed by atoms with Gasteiger partial charge in [-0.2, -0.15) is 0 Å². The molecule has 1 aliphatic rings. The number of aryl methyl sites for hydroxylation is 1. The van der Waals surface area contributed by atoms with Gasteiger partial charge in [0.25, 0.3) is 0 Å². The second kappa shape index (κ2) is 9.30. The maximum atomic E-state index is 4.91. The number of unbranched alkanes of at least 4 members (excludes halogenated alkanes) is 2. The highest BCUT2D eigenvalue weighted by molar-refractivity contribution is 5.55. The minimum absolute atomic E-state index is 0.742. The number of hydrogen-bond donors (Lipinski definition) is 0. The first-order chi connectivity index (χ1) is 12.7. The van der Waals surface area contributed by atoms with E-state index >= 15 is 0 Å². The van der Waals surface area contributed by atoms with Crippen LogP contribution in [0.15, 0.2) is 30.5 Å². The highest BCUT2D eigenvalue weighted by Crippen LogP contribution is 2.29. The van der Waals surface area contributed by atoms with Gasteiger partial charge >= 0.3 is 0 Å². The molecule has 2 aromatic rings. The summed E-state index contributed by atoms with van der Waals surface area (Å²) in [6, 6.07) is 8.87. The first-order valence-corrected chi connectivity index (χ1v) is 10.6. The summed E-state index contributed by atoms with van der Waals surface area (Å²) in [6.07, 6.45) is 13.5. The van der Waals surface area contributed by atoms with Crippen LogP contribution < -0.4 is 0 Å². The molecule has 0 aliphatic heterocycles. The molecule has 2 unspecified atom stereocenters. The van der Waals surface area contributed by atoms with Crippen LogP contribution in [0, 0.1) is 11.8 Å². The molecule has 2 heteroatoms. The van der Waals surface area contributed by atoms with E-state index in [9.17, 15) is 0 Å². The van der Waals surface area contributed by atoms with Crippen LogP contribution in [0.2, 0.25) is 0 Å². The summed E-state index contributed by atoms with van der Waals surface area (Å²) in [7, 11) is 0. The molecular weight excluding hydrogens is 316 g/mol. The molecule has 1 heterocycles. The van der Waals surface area contributed by atoms with Crippen LogP contribution >= 0.6 is 0 Å². The summed E-state index contributed by atoms with van der Waals surface area (Å²) in [6.45, 7) is 6.85. The minimum atomic E-state index is 0.742. The molecule has 140 valence electrons. The van der Waals surface area contributed by atoms with E-state index in [-0.39, 0.29) is 0 Å². The predicted octanol–water partition coefficient (Wildman–Crippen LogP) is 6.42. The topological polar surface area (TPSA) is 25.8 Å². The highest BCUT2D eigenvalue weighted by atomic mass is 14.9. The molecule has 0 bridgehead atoms. The third-order valence-electron chi connectivity index (χ3n) is 5.96. The van der Waals surface area contributed by atoms with Gasteiger partial charge in [-0.25, -0.2) is 9.97 Å². The lowest BCUT2D eigenvalue weighted by atomic mass is 9.84. The first-order valence-electron chi connectivity index (χ1n) is 10.6. The normalized spacial score (nSPS) is 17.7. The molecule has 1 aromatic heterocycles. The largest absolute Gasteiger partial charge is 0.236 e. The molecule has 3 rings (SSSR count). The molecular formula is C24H34N2. The fraction of sp³-hybridized carbons (Fsp3) is 0.583. The van der Waals surface area contributed by atoms with Crippen molar-refractivity contribution in [1.29, 1.82) is 0 Å². The lowest BCUT2D eigenvalue weighted by Gasteiger charge is -2.24. The summed E-state index contributed by atoms with van der Waals surface area (Å²) in [5, 5.41) is 0. The number of benzene rings is 1. The van der Waals surface area contributed by atoms with Gasteiger partial charge in [0.15, 0.2) is 5.82 Å². The van der Waals surface area contributed by atoms with Gasteiger partial charge in [0.1, 0.15) is 0 Å². The SMILES string of the molecule is CCCCCC1CCc2nc(-c3ccc(CC(C)CC)cc3)ncc2C1. The second-order valence-corrected chi connectivity index (χ2v) is 8.18. The Labute approximate surface area is 159 Å². The van der Waals surface area contributed by atoms with Gasteiger partial charge in [-0.3, -0.25) is 0 Å². The standard InChI is InChI=1S/C24H34N2/c1-4-6-7-8-19-11-14-23-22(16-19)17-25-24(26-23)21-12-9-20(10-13-21)15-18(3)5-2/h9-10,12-13,17-19H,4-8,11,14-16H2,1-3H3. The van der Waals surface area contributed by atoms with Gasteiger partial charge < -0.3 is 0 Å². The zero-order chi connectivity index (χ0) is 18.4. The van der Waals surface area contributed by atoms with Crippen molar-refractivity contribution in [2.24, 2.45) is 11.8 Å². The van der Waals surface area contributed by atoms with Crippen molar-refractivity contribution in [3.05, 3.63) is 47.3 Å². The summed E-state index contributed by atoms with van der Waals surface area (Å²) >= 11 is 0. The number of nitrogens with zero attached hydrogens (tertiary/aromatic N) is 2. The summed E-state index contributed by atoms with van der Waals surface area (Å²) in [4.78, 5) is 9.60. The average Bonchev–Trinajstić information content (AvgIpc) is 2.68. The van der Waals surface area contributed by atoms with Crippen LogP contribution in [0.25, 0.3) is 11.4 Å². The fourth-order valence-corrected chi connectivity index (χ4v) is 3.99. The van der Waals surface area contributed by atoms with E-state index in [1.807, 2.05) is 0 Å². The summed E-state index contributed by atoms with van der Waals surface area (Å²) in [5.41, 5.74) is 5.22. The van der Waals surface area contributed by atoms with Crippen molar-refractivity contribution in [2.45, 2.75) is 78.6 Å². The molecule has 0 amide bonds. The molecule has 0 saturated carbocycles. The van der Waals surface area contributed by atoms with E-state index < -0.39 is 0 Å². The number of hydrogen-bond acceptors (Lipinski definition) is 2. The van der Waals surface area contributed by atoms with Crippen molar-refractivity contribution < 1.29 is 0 Å². The van der Waals surface area contributed by atoms with Crippen molar-refractivity contribution >= 4 is 0 Å². The molecule has 0 fully saturated rings. The van der Waals surface area contributed by atoms with E-state index in [4.69, 9.17) is 4.98 Å². The fourth-order valence-electron chi connectivity index (χ4n) is 3.99. The Kier molecular flexibility index (Phi) is 6.82. The quantitative estimate of drug-likeness (QED) is 0.513. The van der Waals surface area contributed by atoms with Crippen molar-refractivity contribution in [1.82, 2.24) is 9.97 Å². The summed E-state index contributed by atoms with van der Waals surface area (Å²) in [5.74, 6) is 2.47. The van der Waals surface area contributed by atoms with E-state index in [2.05, 4.69) is 56.2 Å². The predicted molar refractivity (Wildman–Crippen MR) is 110 cm³/mol. The van der Waals surface area contributed by atoms with E-state index in [0.717, 1.165) is 36.1 Å². The summed E-state index contributed by atoms with van der Waals surface area (Å²) < 4.78 is 0. The van der Waals surface area contributed by atoms with Crippen LogP contribution in [-0.2, 0) is 19.3 Å². The first kappa shape index (κ1) is 19.1. The van der Waals surface area contributed by atoms with Crippen molar-refractivity contribution in [3.63, 3.8) is 0 Å². The smallest absolute Gasteiger partial charge is 0.159 e. The number of fused-ring (bicyclic) bond motifs is 1. The molecule has 2 atom stereocenters. The zero-order valence-corrected chi connectivity index (χ0v) is 16.8. The van der Waals surface area contributed by atoms with Gasteiger partial charge in [0, 0.05) is 17.5 Å². The monoisotopic (exact) mass is 350 g/mol. The van der Waals surface area contributed by atoms with Gasteiger partial charge in [-0.05, 0) is 48.6 Å². The Morgan fingerprint density at radius 1 is 1.12 bits per heavy atom. The molecule has 1 aliphatic carbocycles. The molecule has 0 N–H and O–H groups in total. The Hall–Kier alpha value is -1.70. The van der Waals surface area contributed by atoms with Gasteiger partial charge in [-0.1, -0.05) is 77.1 Å². The molecule has 0 spiro atoms. The lowest BCUT2D eigenvalue weighted by Crippen LogP contribution is -2.16. The molecule has 1 aromatic carbocycles. The molecule has 26 heavy (non-hydrogen) atoms. The Balaban J connectivity index is 1.66.